The Bertz CT molecular complexity index is 638. The summed E-state index contributed by atoms with van der Waals surface area (Å²) in [5.74, 6) is -0.267. The van der Waals surface area contributed by atoms with Gasteiger partial charge in [-0.05, 0) is 31.4 Å². The molecule has 26 heavy (non-hydrogen) atoms. The van der Waals surface area contributed by atoms with Gasteiger partial charge in [-0.3, -0.25) is 4.79 Å². The average Bonchev–Trinajstić information content (AvgIpc) is 2.69. The maximum atomic E-state index is 12.9. The summed E-state index contributed by atoms with van der Waals surface area (Å²) in [5, 5.41) is 0. The maximum absolute atomic E-state index is 12.9. The van der Waals surface area contributed by atoms with Gasteiger partial charge in [0.25, 0.3) is 0 Å². The zero-order valence-electron chi connectivity index (χ0n) is 16.4. The van der Waals surface area contributed by atoms with E-state index >= 15 is 0 Å². The molecule has 2 aromatic carbocycles. The van der Waals surface area contributed by atoms with E-state index in [9.17, 15) is 4.79 Å². The lowest BCUT2D eigenvalue weighted by Gasteiger charge is -2.40. The smallest absolute Gasteiger partial charge is 0.232 e. The van der Waals surface area contributed by atoms with Crippen molar-refractivity contribution in [2.75, 3.05) is 26.2 Å². The van der Waals surface area contributed by atoms with Crippen molar-refractivity contribution in [2.45, 2.75) is 39.0 Å². The normalized spacial score (nSPS) is 12.1. The molecule has 2 rings (SSSR count). The van der Waals surface area contributed by atoms with Gasteiger partial charge in [-0.2, -0.15) is 0 Å². The van der Waals surface area contributed by atoms with Crippen LogP contribution in [0.5, 0.6) is 0 Å². The lowest BCUT2D eigenvalue weighted by atomic mass is 9.71. The van der Waals surface area contributed by atoms with E-state index < -0.39 is 5.41 Å². The zero-order chi connectivity index (χ0) is 19.0. The van der Waals surface area contributed by atoms with Crippen molar-refractivity contribution in [3.8, 4) is 0 Å². The first kappa shape index (κ1) is 20.2. The highest BCUT2D eigenvalue weighted by Gasteiger charge is 2.42. The molecule has 3 heteroatoms. The van der Waals surface area contributed by atoms with Crippen molar-refractivity contribution < 1.29 is 9.28 Å². The molecule has 140 valence electrons. The van der Waals surface area contributed by atoms with Gasteiger partial charge in [0.05, 0.1) is 26.2 Å². The molecule has 0 heterocycles. The molecule has 0 aliphatic carbocycles. The van der Waals surface area contributed by atoms with E-state index in [0.717, 1.165) is 54.6 Å². The number of carbonyl (C=O) groups excluding carboxylic acids is 1. The molecule has 0 atom stereocenters. The van der Waals surface area contributed by atoms with Gasteiger partial charge < -0.3 is 10.2 Å². The van der Waals surface area contributed by atoms with Crippen LogP contribution in [0.4, 0.5) is 0 Å². The third kappa shape index (κ3) is 3.99. The van der Waals surface area contributed by atoms with Gasteiger partial charge in [-0.25, -0.2) is 0 Å². The van der Waals surface area contributed by atoms with Crippen LogP contribution in [-0.4, -0.2) is 36.6 Å². The van der Waals surface area contributed by atoms with Gasteiger partial charge in [-0.15, -0.1) is 0 Å². The number of nitrogens with zero attached hydrogens (tertiary/aromatic N) is 1. The molecule has 3 nitrogen and oxygen atoms in total. The van der Waals surface area contributed by atoms with Crippen molar-refractivity contribution >= 4 is 5.91 Å². The number of hydrogen-bond acceptors (Lipinski definition) is 1. The van der Waals surface area contributed by atoms with Gasteiger partial charge in [0, 0.05) is 6.42 Å². The van der Waals surface area contributed by atoms with Crippen LogP contribution < -0.4 is 5.73 Å². The number of amides is 1. The number of benzene rings is 2. The fourth-order valence-corrected chi connectivity index (χ4v) is 4.16. The van der Waals surface area contributed by atoms with Crippen LogP contribution in [-0.2, 0) is 10.2 Å². The molecule has 2 aromatic rings. The topological polar surface area (TPSA) is 43.1 Å². The summed E-state index contributed by atoms with van der Waals surface area (Å²) in [6.45, 7) is 10.9. The monoisotopic (exact) mass is 353 g/mol. The summed E-state index contributed by atoms with van der Waals surface area (Å²) in [6, 6.07) is 20.1. The third-order valence-corrected chi connectivity index (χ3v) is 5.95. The van der Waals surface area contributed by atoms with E-state index in [2.05, 4.69) is 20.8 Å². The van der Waals surface area contributed by atoms with E-state index in [-0.39, 0.29) is 5.91 Å². The number of rotatable bonds is 10. The van der Waals surface area contributed by atoms with Gasteiger partial charge in [-0.1, -0.05) is 67.6 Å². The molecule has 0 radical (unpaired) electrons. The van der Waals surface area contributed by atoms with Crippen LogP contribution in [0.3, 0.4) is 0 Å². The molecular formula is C23H33N2O+. The largest absolute Gasteiger partial charge is 0.369 e. The minimum Gasteiger partial charge on any atom is -0.369 e. The fraction of sp³-hybridized carbons (Fsp3) is 0.435. The van der Waals surface area contributed by atoms with Crippen LogP contribution in [0.25, 0.3) is 0 Å². The minimum absolute atomic E-state index is 0.267. The third-order valence-electron chi connectivity index (χ3n) is 5.95. The second kappa shape index (κ2) is 9.00. The number of primary amides is 1. The molecule has 0 spiro atoms. The summed E-state index contributed by atoms with van der Waals surface area (Å²) >= 11 is 0. The highest BCUT2D eigenvalue weighted by molar-refractivity contribution is 5.90. The van der Waals surface area contributed by atoms with Crippen molar-refractivity contribution in [1.29, 1.82) is 0 Å². The Hall–Kier alpha value is -2.13. The molecular weight excluding hydrogens is 320 g/mol. The standard InChI is InChI=1S/C23H32N2O/c1-4-18-25(5-2,6-3)19-17-23(22(24)26,20-13-9-7-10-14-20)21-15-11-8-12-16-21/h7-16H,4-6,17-19H2,1-3H3,(H-,24,26)/p+1. The molecule has 0 bridgehead atoms. The highest BCUT2D eigenvalue weighted by Crippen LogP contribution is 2.36. The van der Waals surface area contributed by atoms with E-state index in [4.69, 9.17) is 5.73 Å². The van der Waals surface area contributed by atoms with Crippen LogP contribution in [0.15, 0.2) is 60.7 Å². The minimum atomic E-state index is -0.788. The second-order valence-electron chi connectivity index (χ2n) is 7.17. The van der Waals surface area contributed by atoms with Gasteiger partial charge in [0.2, 0.25) is 5.91 Å². The molecule has 2 N–H and O–H groups in total. The first-order valence-electron chi connectivity index (χ1n) is 9.80. The molecule has 1 amide bonds. The van der Waals surface area contributed by atoms with Crippen molar-refractivity contribution in [1.82, 2.24) is 0 Å². The van der Waals surface area contributed by atoms with Crippen LogP contribution in [0.1, 0.15) is 44.7 Å². The molecule has 0 aliphatic heterocycles. The summed E-state index contributed by atoms with van der Waals surface area (Å²) < 4.78 is 1.02. The first-order valence-corrected chi connectivity index (χ1v) is 9.80. The van der Waals surface area contributed by atoms with Gasteiger partial charge in [0.15, 0.2) is 0 Å². The SMILES string of the molecule is CCC[N+](CC)(CC)CCC(C(N)=O)(c1ccccc1)c1ccccc1. The van der Waals surface area contributed by atoms with Crippen LogP contribution >= 0.6 is 0 Å². The lowest BCUT2D eigenvalue weighted by Crippen LogP contribution is -2.53. The van der Waals surface area contributed by atoms with E-state index in [1.165, 1.54) is 0 Å². The quantitative estimate of drug-likeness (QED) is 0.642. The van der Waals surface area contributed by atoms with Crippen molar-refractivity contribution in [3.05, 3.63) is 71.8 Å². The van der Waals surface area contributed by atoms with E-state index in [0.29, 0.717) is 0 Å². The Kier molecular flexibility index (Phi) is 6.98. The Morgan fingerprint density at radius 3 is 1.65 bits per heavy atom. The highest BCUT2D eigenvalue weighted by atomic mass is 16.1. The summed E-state index contributed by atoms with van der Waals surface area (Å²) in [6.07, 6.45) is 1.86. The average molecular weight is 354 g/mol. The number of nitrogens with two attached hydrogens (primary N) is 1. The molecule has 0 saturated carbocycles. The summed E-state index contributed by atoms with van der Waals surface area (Å²) in [7, 11) is 0. The Morgan fingerprint density at radius 2 is 1.31 bits per heavy atom. The van der Waals surface area contributed by atoms with Crippen LogP contribution in [0, 0.1) is 0 Å². The predicted octanol–water partition coefficient (Wildman–Crippen LogP) is 4.11. The van der Waals surface area contributed by atoms with Crippen LogP contribution in [0.2, 0.25) is 0 Å². The van der Waals surface area contributed by atoms with Gasteiger partial charge in [0.1, 0.15) is 5.41 Å². The zero-order valence-corrected chi connectivity index (χ0v) is 16.4. The molecule has 0 saturated heterocycles. The fourth-order valence-electron chi connectivity index (χ4n) is 4.16. The van der Waals surface area contributed by atoms with E-state index in [1.807, 2.05) is 60.7 Å². The molecule has 0 aliphatic rings. The first-order chi connectivity index (χ1) is 12.5. The number of hydrogen-bond donors (Lipinski definition) is 1. The van der Waals surface area contributed by atoms with Gasteiger partial charge >= 0.3 is 0 Å². The predicted molar refractivity (Wildman–Crippen MR) is 109 cm³/mol. The summed E-state index contributed by atoms with van der Waals surface area (Å²) in [4.78, 5) is 12.9. The summed E-state index contributed by atoms with van der Waals surface area (Å²) in [5.41, 5.74) is 7.26. The molecule has 0 fully saturated rings. The van der Waals surface area contributed by atoms with E-state index in [1.54, 1.807) is 0 Å². The Labute approximate surface area is 158 Å². The molecule has 0 unspecified atom stereocenters. The number of carbonyl (C=O) groups is 1. The maximum Gasteiger partial charge on any atom is 0.232 e. The number of quaternary nitrogens is 1. The van der Waals surface area contributed by atoms with Crippen molar-refractivity contribution in [3.63, 3.8) is 0 Å². The molecule has 0 aromatic heterocycles. The Morgan fingerprint density at radius 1 is 0.846 bits per heavy atom. The lowest BCUT2D eigenvalue weighted by molar-refractivity contribution is -0.925. The van der Waals surface area contributed by atoms with Crippen molar-refractivity contribution in [2.24, 2.45) is 5.73 Å². The Balaban J connectivity index is 2.52. The second-order valence-corrected chi connectivity index (χ2v) is 7.17.